The Kier molecular flexibility index (Phi) is 3.96. The Labute approximate surface area is 121 Å². The van der Waals surface area contributed by atoms with Crippen molar-refractivity contribution in [1.82, 2.24) is 9.88 Å². The van der Waals surface area contributed by atoms with Crippen LogP contribution in [0.5, 0.6) is 0 Å². The maximum absolute atomic E-state index is 12.3. The molecule has 0 bridgehead atoms. The molecule has 2 aromatic rings. The van der Waals surface area contributed by atoms with Gasteiger partial charge in [0.15, 0.2) is 0 Å². The molecular formula is C12H15N3O3S2. The maximum atomic E-state index is 12.3. The zero-order valence-electron chi connectivity index (χ0n) is 11.2. The highest BCUT2D eigenvalue weighted by molar-refractivity contribution is 7.90. The number of carbonyl (C=O) groups is 1. The summed E-state index contributed by atoms with van der Waals surface area (Å²) in [5.74, 6) is -0.354. The van der Waals surface area contributed by atoms with Gasteiger partial charge in [0.1, 0.15) is 19.5 Å². The molecule has 0 spiro atoms. The molecule has 0 saturated carbocycles. The SMILES string of the molecule is CN(CCS(C)(=O)=O)C(=O)c1sc2ncccc2c1N. The standard InChI is InChI=1S/C12H15N3O3S2/c1-15(6-7-20(2,17)18)12(16)10-9(13)8-4-3-5-14-11(8)19-10/h3-5H,6-7,13H2,1-2H3. The van der Waals surface area contributed by atoms with Crippen LogP contribution in [-0.4, -0.2) is 49.8 Å². The molecule has 8 heteroatoms. The first-order valence-electron chi connectivity index (χ1n) is 5.86. The summed E-state index contributed by atoms with van der Waals surface area (Å²) in [6.07, 6.45) is 2.78. The Balaban J connectivity index is 2.25. The minimum Gasteiger partial charge on any atom is -0.397 e. The average Bonchev–Trinajstić information content (AvgIpc) is 2.72. The van der Waals surface area contributed by atoms with Crippen molar-refractivity contribution in [2.45, 2.75) is 0 Å². The molecule has 0 unspecified atom stereocenters. The second kappa shape index (κ2) is 5.37. The van der Waals surface area contributed by atoms with E-state index >= 15 is 0 Å². The molecule has 2 aromatic heterocycles. The molecule has 0 atom stereocenters. The monoisotopic (exact) mass is 313 g/mol. The average molecular weight is 313 g/mol. The first-order valence-corrected chi connectivity index (χ1v) is 8.73. The van der Waals surface area contributed by atoms with Gasteiger partial charge in [-0.1, -0.05) is 0 Å². The summed E-state index contributed by atoms with van der Waals surface area (Å²) >= 11 is 1.22. The molecule has 108 valence electrons. The molecule has 0 saturated heterocycles. The molecular weight excluding hydrogens is 298 g/mol. The largest absolute Gasteiger partial charge is 0.397 e. The molecule has 0 fully saturated rings. The van der Waals surface area contributed by atoms with Gasteiger partial charge in [-0.2, -0.15) is 0 Å². The summed E-state index contributed by atoms with van der Waals surface area (Å²) in [5, 5.41) is 0.748. The highest BCUT2D eigenvalue weighted by Crippen LogP contribution is 2.32. The van der Waals surface area contributed by atoms with E-state index in [2.05, 4.69) is 4.98 Å². The number of nitrogen functional groups attached to an aromatic ring is 1. The minimum absolute atomic E-state index is 0.0711. The summed E-state index contributed by atoms with van der Waals surface area (Å²) in [7, 11) is -1.54. The van der Waals surface area contributed by atoms with E-state index in [0.29, 0.717) is 15.4 Å². The normalized spacial score (nSPS) is 11.7. The summed E-state index contributed by atoms with van der Waals surface area (Å²) in [6.45, 7) is 0.138. The smallest absolute Gasteiger partial charge is 0.265 e. The number of rotatable bonds is 4. The van der Waals surface area contributed by atoms with Crippen LogP contribution in [0.4, 0.5) is 5.69 Å². The van der Waals surface area contributed by atoms with Crippen LogP contribution in [-0.2, 0) is 9.84 Å². The molecule has 2 heterocycles. The Morgan fingerprint density at radius 2 is 2.20 bits per heavy atom. The molecule has 0 aliphatic rings. The van der Waals surface area contributed by atoms with Crippen LogP contribution in [0.15, 0.2) is 18.3 Å². The lowest BCUT2D eigenvalue weighted by Gasteiger charge is -2.15. The fourth-order valence-corrected chi connectivity index (χ4v) is 3.35. The van der Waals surface area contributed by atoms with E-state index in [1.165, 1.54) is 16.2 Å². The first-order chi connectivity index (χ1) is 9.29. The number of aromatic nitrogens is 1. The van der Waals surface area contributed by atoms with Crippen molar-refractivity contribution in [3.8, 4) is 0 Å². The van der Waals surface area contributed by atoms with E-state index in [0.717, 1.165) is 11.6 Å². The minimum atomic E-state index is -3.10. The van der Waals surface area contributed by atoms with Gasteiger partial charge in [0.2, 0.25) is 0 Å². The molecule has 0 aliphatic heterocycles. The van der Waals surface area contributed by atoms with Gasteiger partial charge < -0.3 is 10.6 Å². The lowest BCUT2D eigenvalue weighted by atomic mass is 10.2. The van der Waals surface area contributed by atoms with Crippen molar-refractivity contribution in [3.05, 3.63) is 23.2 Å². The van der Waals surface area contributed by atoms with Crippen molar-refractivity contribution in [2.75, 3.05) is 31.3 Å². The van der Waals surface area contributed by atoms with Gasteiger partial charge in [0.25, 0.3) is 5.91 Å². The lowest BCUT2D eigenvalue weighted by molar-refractivity contribution is 0.0809. The van der Waals surface area contributed by atoms with Gasteiger partial charge in [0, 0.05) is 31.4 Å². The molecule has 2 N–H and O–H groups in total. The Morgan fingerprint density at radius 1 is 1.50 bits per heavy atom. The van der Waals surface area contributed by atoms with Crippen molar-refractivity contribution in [3.63, 3.8) is 0 Å². The lowest BCUT2D eigenvalue weighted by Crippen LogP contribution is -2.31. The molecule has 6 nitrogen and oxygen atoms in total. The summed E-state index contributed by atoms with van der Waals surface area (Å²) in [4.78, 5) is 18.9. The predicted molar refractivity (Wildman–Crippen MR) is 80.7 cm³/mol. The highest BCUT2D eigenvalue weighted by atomic mass is 32.2. The van der Waals surface area contributed by atoms with Crippen molar-refractivity contribution >= 4 is 43.0 Å². The molecule has 0 aliphatic carbocycles. The summed E-state index contributed by atoms with van der Waals surface area (Å²) < 4.78 is 22.3. The fourth-order valence-electron chi connectivity index (χ4n) is 1.69. The quantitative estimate of drug-likeness (QED) is 0.908. The van der Waals surface area contributed by atoms with Crippen molar-refractivity contribution in [2.24, 2.45) is 0 Å². The van der Waals surface area contributed by atoms with Crippen LogP contribution >= 0.6 is 11.3 Å². The third-order valence-corrected chi connectivity index (χ3v) is 4.88. The van der Waals surface area contributed by atoms with E-state index in [-0.39, 0.29) is 18.2 Å². The Bertz CT molecular complexity index is 752. The zero-order chi connectivity index (χ0) is 14.9. The third kappa shape index (κ3) is 3.07. The molecule has 20 heavy (non-hydrogen) atoms. The van der Waals surface area contributed by atoms with E-state index in [9.17, 15) is 13.2 Å². The summed E-state index contributed by atoms with van der Waals surface area (Å²) in [5.41, 5.74) is 6.36. The van der Waals surface area contributed by atoms with Crippen LogP contribution in [0.25, 0.3) is 10.2 Å². The number of amides is 1. The summed E-state index contributed by atoms with van der Waals surface area (Å²) in [6, 6.07) is 3.56. The second-order valence-electron chi connectivity index (χ2n) is 4.56. The number of thiophene rings is 1. The number of nitrogens with zero attached hydrogens (tertiary/aromatic N) is 2. The van der Waals surface area contributed by atoms with Crippen molar-refractivity contribution < 1.29 is 13.2 Å². The Morgan fingerprint density at radius 3 is 2.80 bits per heavy atom. The Hall–Kier alpha value is -1.67. The van der Waals surface area contributed by atoms with E-state index in [4.69, 9.17) is 5.73 Å². The van der Waals surface area contributed by atoms with Crippen LogP contribution < -0.4 is 5.73 Å². The number of anilines is 1. The van der Waals surface area contributed by atoms with Gasteiger partial charge in [0.05, 0.1) is 11.4 Å². The van der Waals surface area contributed by atoms with Gasteiger partial charge in [-0.25, -0.2) is 13.4 Å². The van der Waals surface area contributed by atoms with Crippen LogP contribution in [0.1, 0.15) is 9.67 Å². The molecule has 0 radical (unpaired) electrons. The van der Waals surface area contributed by atoms with E-state index in [1.54, 1.807) is 25.4 Å². The van der Waals surface area contributed by atoms with E-state index < -0.39 is 9.84 Å². The fraction of sp³-hybridized carbons (Fsp3) is 0.333. The number of pyridine rings is 1. The van der Waals surface area contributed by atoms with Crippen molar-refractivity contribution in [1.29, 1.82) is 0 Å². The molecule has 0 aromatic carbocycles. The van der Waals surface area contributed by atoms with Crippen LogP contribution in [0.3, 0.4) is 0 Å². The number of hydrogen-bond donors (Lipinski definition) is 1. The number of hydrogen-bond acceptors (Lipinski definition) is 6. The van der Waals surface area contributed by atoms with Gasteiger partial charge in [-0.15, -0.1) is 11.3 Å². The van der Waals surface area contributed by atoms with Crippen LogP contribution in [0, 0.1) is 0 Å². The highest BCUT2D eigenvalue weighted by Gasteiger charge is 2.20. The van der Waals surface area contributed by atoms with E-state index in [1.807, 2.05) is 0 Å². The second-order valence-corrected chi connectivity index (χ2v) is 7.82. The van der Waals surface area contributed by atoms with Gasteiger partial charge in [-0.3, -0.25) is 4.79 Å². The van der Waals surface area contributed by atoms with Crippen LogP contribution in [0.2, 0.25) is 0 Å². The van der Waals surface area contributed by atoms with Gasteiger partial charge in [-0.05, 0) is 12.1 Å². The third-order valence-electron chi connectivity index (χ3n) is 2.84. The number of sulfone groups is 1. The number of carbonyl (C=O) groups excluding carboxylic acids is 1. The van der Waals surface area contributed by atoms with Gasteiger partial charge >= 0.3 is 0 Å². The molecule has 2 rings (SSSR count). The number of fused-ring (bicyclic) bond motifs is 1. The maximum Gasteiger partial charge on any atom is 0.265 e. The first kappa shape index (κ1) is 14.7. The molecule has 1 amide bonds. The predicted octanol–water partition coefficient (Wildman–Crippen LogP) is 0.995. The number of nitrogens with two attached hydrogens (primary N) is 1. The zero-order valence-corrected chi connectivity index (χ0v) is 12.8. The topological polar surface area (TPSA) is 93.4 Å².